The molecule has 1 aromatic carbocycles. The second kappa shape index (κ2) is 5.97. The molecule has 1 heterocycles. The number of sulfonamides is 1. The molecule has 0 unspecified atom stereocenters. The molecule has 1 aliphatic carbocycles. The second-order valence-electron chi connectivity index (χ2n) is 6.26. The van der Waals surface area contributed by atoms with Crippen molar-refractivity contribution in [2.75, 3.05) is 24.2 Å². The maximum absolute atomic E-state index is 11.3. The molecule has 1 aromatic rings. The molecule has 2 fully saturated rings. The first-order chi connectivity index (χ1) is 10.0. The van der Waals surface area contributed by atoms with Crippen molar-refractivity contribution in [3.8, 4) is 0 Å². The fourth-order valence-electron chi connectivity index (χ4n) is 3.31. The lowest BCUT2D eigenvalue weighted by Gasteiger charge is -2.37. The third-order valence-corrected chi connectivity index (χ3v) is 5.39. The Morgan fingerprint density at radius 2 is 1.95 bits per heavy atom. The van der Waals surface area contributed by atoms with Gasteiger partial charge in [0.2, 0.25) is 10.0 Å². The summed E-state index contributed by atoms with van der Waals surface area (Å²) in [6.45, 7) is 1.83. The quantitative estimate of drug-likeness (QED) is 0.928. The van der Waals surface area contributed by atoms with Crippen LogP contribution in [0.2, 0.25) is 0 Å². The molecule has 1 saturated heterocycles. The van der Waals surface area contributed by atoms with Crippen molar-refractivity contribution < 1.29 is 8.42 Å². The molecule has 4 nitrogen and oxygen atoms in total. The lowest BCUT2D eigenvalue weighted by molar-refractivity contribution is 0.416. The fourth-order valence-corrected chi connectivity index (χ4v) is 4.15. The van der Waals surface area contributed by atoms with E-state index < -0.39 is 10.0 Å². The summed E-state index contributed by atoms with van der Waals surface area (Å²) in [5, 5.41) is 0. The molecule has 1 aliphatic heterocycles. The SMILES string of the molecule is CS(=O)(=O)NC1CCN(c2cc[c]cc2C2CCC2)CC1. The third-order valence-electron chi connectivity index (χ3n) is 4.63. The number of nitrogens with one attached hydrogen (secondary N) is 1. The highest BCUT2D eigenvalue weighted by atomic mass is 32.2. The van der Waals surface area contributed by atoms with Crippen LogP contribution in [0.5, 0.6) is 0 Å². The van der Waals surface area contributed by atoms with Gasteiger partial charge in [-0.25, -0.2) is 13.1 Å². The molecular weight excluding hydrogens is 284 g/mol. The van der Waals surface area contributed by atoms with Crippen LogP contribution >= 0.6 is 0 Å². The standard InChI is InChI=1S/C16H23N2O2S/c1-21(19,20)17-14-9-11-18(12-10-14)16-8-3-2-7-15(16)13-5-4-6-13/h3,7-8,13-14,17H,4-6,9-12H2,1H3. The van der Waals surface area contributed by atoms with Crippen molar-refractivity contribution in [2.24, 2.45) is 0 Å². The number of rotatable bonds is 4. The van der Waals surface area contributed by atoms with Crippen LogP contribution in [0.1, 0.15) is 43.6 Å². The molecule has 2 aliphatic rings. The van der Waals surface area contributed by atoms with E-state index in [4.69, 9.17) is 0 Å². The van der Waals surface area contributed by atoms with Crippen LogP contribution < -0.4 is 9.62 Å². The number of anilines is 1. The summed E-state index contributed by atoms with van der Waals surface area (Å²) >= 11 is 0. The molecule has 0 atom stereocenters. The summed E-state index contributed by atoms with van der Waals surface area (Å²) in [6.07, 6.45) is 6.89. The Morgan fingerprint density at radius 1 is 1.24 bits per heavy atom. The van der Waals surface area contributed by atoms with E-state index in [2.05, 4.69) is 27.8 Å². The molecule has 0 spiro atoms. The van der Waals surface area contributed by atoms with Gasteiger partial charge in [-0.2, -0.15) is 0 Å². The van der Waals surface area contributed by atoms with E-state index in [9.17, 15) is 8.42 Å². The van der Waals surface area contributed by atoms with Crippen molar-refractivity contribution in [1.82, 2.24) is 4.72 Å². The Balaban J connectivity index is 1.67. The van der Waals surface area contributed by atoms with Gasteiger partial charge in [0.05, 0.1) is 6.26 Å². The lowest BCUT2D eigenvalue weighted by atomic mass is 9.79. The molecule has 5 heteroatoms. The zero-order valence-electron chi connectivity index (χ0n) is 12.5. The Labute approximate surface area is 127 Å². The van der Waals surface area contributed by atoms with Crippen LogP contribution in [0.15, 0.2) is 18.2 Å². The molecule has 0 bridgehead atoms. The van der Waals surface area contributed by atoms with Crippen molar-refractivity contribution >= 4 is 15.7 Å². The van der Waals surface area contributed by atoms with Gasteiger partial charge < -0.3 is 4.90 Å². The van der Waals surface area contributed by atoms with Gasteiger partial charge in [0.15, 0.2) is 0 Å². The highest BCUT2D eigenvalue weighted by Crippen LogP contribution is 2.41. The normalized spacial score (nSPS) is 21.3. The van der Waals surface area contributed by atoms with Gasteiger partial charge >= 0.3 is 0 Å². The maximum atomic E-state index is 11.3. The lowest BCUT2D eigenvalue weighted by Crippen LogP contribution is -2.44. The smallest absolute Gasteiger partial charge is 0.208 e. The monoisotopic (exact) mass is 307 g/mol. The van der Waals surface area contributed by atoms with Crippen molar-refractivity contribution in [1.29, 1.82) is 0 Å². The minimum Gasteiger partial charge on any atom is -0.371 e. The molecular formula is C16H23N2O2S. The predicted octanol–water partition coefficient (Wildman–Crippen LogP) is 2.27. The first-order valence-electron chi connectivity index (χ1n) is 7.75. The summed E-state index contributed by atoms with van der Waals surface area (Å²) in [5.41, 5.74) is 2.76. The molecule has 1 radical (unpaired) electrons. The number of hydrogen-bond donors (Lipinski definition) is 1. The Hall–Kier alpha value is -1.07. The van der Waals surface area contributed by atoms with Gasteiger partial charge in [-0.1, -0.05) is 12.5 Å². The van der Waals surface area contributed by atoms with Crippen LogP contribution in [-0.2, 0) is 10.0 Å². The van der Waals surface area contributed by atoms with E-state index in [0.717, 1.165) is 25.9 Å². The van der Waals surface area contributed by atoms with E-state index in [-0.39, 0.29) is 6.04 Å². The first-order valence-corrected chi connectivity index (χ1v) is 9.64. The minimum absolute atomic E-state index is 0.0821. The number of hydrogen-bond acceptors (Lipinski definition) is 3. The van der Waals surface area contributed by atoms with Crippen molar-refractivity contribution in [3.05, 3.63) is 29.8 Å². The summed E-state index contributed by atoms with van der Waals surface area (Å²) in [4.78, 5) is 2.40. The van der Waals surface area contributed by atoms with Crippen LogP contribution in [0.4, 0.5) is 5.69 Å². The average Bonchev–Trinajstić information content (AvgIpc) is 2.37. The summed E-state index contributed by atoms with van der Waals surface area (Å²) in [6, 6.07) is 9.58. The van der Waals surface area contributed by atoms with Crippen molar-refractivity contribution in [3.63, 3.8) is 0 Å². The molecule has 1 N–H and O–H groups in total. The first kappa shape index (κ1) is 14.9. The van der Waals surface area contributed by atoms with Gasteiger partial charge in [0, 0.05) is 24.8 Å². The minimum atomic E-state index is -3.10. The van der Waals surface area contributed by atoms with E-state index in [0.29, 0.717) is 5.92 Å². The van der Waals surface area contributed by atoms with Crippen molar-refractivity contribution in [2.45, 2.75) is 44.1 Å². The van der Waals surface area contributed by atoms with E-state index in [1.807, 2.05) is 6.07 Å². The highest BCUT2D eigenvalue weighted by Gasteiger charge is 2.27. The largest absolute Gasteiger partial charge is 0.371 e. The van der Waals surface area contributed by atoms with Gasteiger partial charge in [-0.3, -0.25) is 0 Å². The van der Waals surface area contributed by atoms with Crippen LogP contribution in [0, 0.1) is 6.07 Å². The van der Waals surface area contributed by atoms with E-state index >= 15 is 0 Å². The summed E-state index contributed by atoms with van der Waals surface area (Å²) in [7, 11) is -3.10. The predicted molar refractivity (Wildman–Crippen MR) is 85.1 cm³/mol. The number of piperidine rings is 1. The topological polar surface area (TPSA) is 49.4 Å². The molecule has 21 heavy (non-hydrogen) atoms. The molecule has 3 rings (SSSR count). The van der Waals surface area contributed by atoms with Gasteiger partial charge in [0.1, 0.15) is 0 Å². The van der Waals surface area contributed by atoms with Gasteiger partial charge in [-0.15, -0.1) is 0 Å². The molecule has 0 amide bonds. The Kier molecular flexibility index (Phi) is 4.22. The molecule has 115 valence electrons. The van der Waals surface area contributed by atoms with E-state index in [1.54, 1.807) is 0 Å². The Bertz CT molecular complexity index is 588. The zero-order valence-corrected chi connectivity index (χ0v) is 13.3. The average molecular weight is 307 g/mol. The second-order valence-corrected chi connectivity index (χ2v) is 8.04. The van der Waals surface area contributed by atoms with Gasteiger partial charge in [0.25, 0.3) is 0 Å². The third kappa shape index (κ3) is 3.58. The van der Waals surface area contributed by atoms with Gasteiger partial charge in [-0.05, 0) is 55.4 Å². The molecule has 0 aromatic heterocycles. The number of benzene rings is 1. The Morgan fingerprint density at radius 3 is 2.52 bits per heavy atom. The van der Waals surface area contributed by atoms with Crippen LogP contribution in [0.3, 0.4) is 0 Å². The van der Waals surface area contributed by atoms with Crippen LogP contribution in [0.25, 0.3) is 0 Å². The number of nitrogens with zero attached hydrogens (tertiary/aromatic N) is 1. The zero-order chi connectivity index (χ0) is 14.9. The molecule has 1 saturated carbocycles. The van der Waals surface area contributed by atoms with E-state index in [1.165, 1.54) is 36.8 Å². The highest BCUT2D eigenvalue weighted by molar-refractivity contribution is 7.88. The van der Waals surface area contributed by atoms with Crippen LogP contribution in [-0.4, -0.2) is 33.8 Å². The fraction of sp³-hybridized carbons (Fsp3) is 0.625. The maximum Gasteiger partial charge on any atom is 0.208 e. The summed E-state index contributed by atoms with van der Waals surface area (Å²) < 4.78 is 25.4. The summed E-state index contributed by atoms with van der Waals surface area (Å²) in [5.74, 6) is 0.698.